The number of ether oxygens (including phenoxy) is 2. The van der Waals surface area contributed by atoms with Crippen LogP contribution >= 0.6 is 23.1 Å². The molecule has 144 valence electrons. The summed E-state index contributed by atoms with van der Waals surface area (Å²) >= 11 is 2.66. The van der Waals surface area contributed by atoms with E-state index < -0.39 is 11.9 Å². The van der Waals surface area contributed by atoms with Crippen LogP contribution in [0.5, 0.6) is 5.75 Å². The lowest BCUT2D eigenvalue weighted by Crippen LogP contribution is -2.11. The van der Waals surface area contributed by atoms with Gasteiger partial charge in [0.05, 0.1) is 6.61 Å². The summed E-state index contributed by atoms with van der Waals surface area (Å²) < 4.78 is 10.5. The number of aromatic nitrogens is 2. The molecule has 0 radical (unpaired) electrons. The van der Waals surface area contributed by atoms with E-state index in [2.05, 4.69) is 15.3 Å². The highest BCUT2D eigenvalue weighted by Crippen LogP contribution is 2.25. The number of carbonyl (C=O) groups is 2. The molecule has 0 aliphatic heterocycles. The molecule has 0 atom stereocenters. The number of nitrogens with one attached hydrogen (secondary N) is 1. The summed E-state index contributed by atoms with van der Waals surface area (Å²) in [6, 6.07) is 10.3. The van der Waals surface area contributed by atoms with Gasteiger partial charge in [-0.15, -0.1) is 11.3 Å². The van der Waals surface area contributed by atoms with Crippen molar-refractivity contribution in [3.63, 3.8) is 0 Å². The smallest absolute Gasteiger partial charge is 0.353 e. The number of anilines is 2. The number of thiophene rings is 1. The van der Waals surface area contributed by atoms with Gasteiger partial charge in [-0.1, -0.05) is 23.9 Å². The highest BCUT2D eigenvalue weighted by atomic mass is 32.2. The number of carbonyl (C=O) groups excluding carboxylic acids is 2. The van der Waals surface area contributed by atoms with Crippen molar-refractivity contribution < 1.29 is 19.1 Å². The first-order chi connectivity index (χ1) is 13.6. The first-order valence-electron chi connectivity index (χ1n) is 8.31. The van der Waals surface area contributed by atoms with Gasteiger partial charge in [0.1, 0.15) is 22.0 Å². The van der Waals surface area contributed by atoms with E-state index in [9.17, 15) is 9.59 Å². The molecule has 0 saturated carbocycles. The Morgan fingerprint density at radius 1 is 1.21 bits per heavy atom. The fourth-order valence-corrected chi connectivity index (χ4v) is 3.18. The second kappa shape index (κ2) is 9.34. The summed E-state index contributed by atoms with van der Waals surface area (Å²) in [6.07, 6.45) is 3.27. The molecule has 2 aromatic heterocycles. The van der Waals surface area contributed by atoms with Crippen LogP contribution in [0.25, 0.3) is 0 Å². The normalized spacial score (nSPS) is 10.4. The van der Waals surface area contributed by atoms with Crippen LogP contribution in [0.2, 0.25) is 0 Å². The van der Waals surface area contributed by atoms with Gasteiger partial charge < -0.3 is 14.8 Å². The van der Waals surface area contributed by atoms with E-state index in [0.717, 1.165) is 0 Å². The predicted octanol–water partition coefficient (Wildman–Crippen LogP) is 4.40. The van der Waals surface area contributed by atoms with Crippen molar-refractivity contribution >= 4 is 46.5 Å². The molecule has 1 aromatic carbocycles. The Kier molecular flexibility index (Phi) is 6.62. The van der Waals surface area contributed by atoms with Gasteiger partial charge in [-0.25, -0.2) is 19.6 Å². The average molecular weight is 415 g/mol. The highest BCUT2D eigenvalue weighted by molar-refractivity contribution is 7.98. The van der Waals surface area contributed by atoms with Crippen LogP contribution in [0.3, 0.4) is 0 Å². The quantitative estimate of drug-likeness (QED) is 0.263. The number of esters is 2. The molecular weight excluding hydrogens is 398 g/mol. The van der Waals surface area contributed by atoms with Crippen LogP contribution in [0.1, 0.15) is 27.0 Å². The first kappa shape index (κ1) is 19.8. The molecule has 3 aromatic rings. The van der Waals surface area contributed by atoms with Gasteiger partial charge in [0.25, 0.3) is 0 Å². The molecule has 0 aliphatic rings. The fourth-order valence-electron chi connectivity index (χ4n) is 2.24. The maximum Gasteiger partial charge on any atom is 0.353 e. The molecule has 0 bridgehead atoms. The molecule has 9 heteroatoms. The third kappa shape index (κ3) is 4.87. The maximum atomic E-state index is 12.2. The van der Waals surface area contributed by atoms with Gasteiger partial charge in [0.15, 0.2) is 5.16 Å². The molecule has 7 nitrogen and oxygen atoms in total. The van der Waals surface area contributed by atoms with E-state index in [4.69, 9.17) is 9.47 Å². The predicted molar refractivity (Wildman–Crippen MR) is 109 cm³/mol. The molecule has 0 spiro atoms. The van der Waals surface area contributed by atoms with Crippen molar-refractivity contribution in [3.05, 3.63) is 58.4 Å². The van der Waals surface area contributed by atoms with Gasteiger partial charge in [-0.3, -0.25) is 0 Å². The minimum atomic E-state index is -0.516. The van der Waals surface area contributed by atoms with Crippen molar-refractivity contribution in [2.24, 2.45) is 0 Å². The Morgan fingerprint density at radius 3 is 2.79 bits per heavy atom. The van der Waals surface area contributed by atoms with Gasteiger partial charge in [-0.05, 0) is 36.8 Å². The van der Waals surface area contributed by atoms with Crippen LogP contribution in [-0.4, -0.2) is 34.8 Å². The van der Waals surface area contributed by atoms with E-state index in [0.29, 0.717) is 27.3 Å². The van der Waals surface area contributed by atoms with Crippen LogP contribution in [-0.2, 0) is 4.74 Å². The van der Waals surface area contributed by atoms with Gasteiger partial charge in [0.2, 0.25) is 0 Å². The van der Waals surface area contributed by atoms with E-state index in [-0.39, 0.29) is 12.2 Å². The lowest BCUT2D eigenvalue weighted by atomic mass is 10.2. The number of thioether (sulfide) groups is 1. The van der Waals surface area contributed by atoms with Crippen molar-refractivity contribution in [1.82, 2.24) is 9.97 Å². The Hall–Kier alpha value is -2.91. The molecule has 28 heavy (non-hydrogen) atoms. The lowest BCUT2D eigenvalue weighted by molar-refractivity contribution is 0.0526. The fraction of sp³-hybridized carbons (Fsp3) is 0.158. The minimum Gasteiger partial charge on any atom is -0.462 e. The van der Waals surface area contributed by atoms with Gasteiger partial charge >= 0.3 is 11.9 Å². The first-order valence-corrected chi connectivity index (χ1v) is 10.4. The zero-order chi connectivity index (χ0) is 19.9. The third-order valence-electron chi connectivity index (χ3n) is 3.47. The summed E-state index contributed by atoms with van der Waals surface area (Å²) in [5.74, 6) is -0.247. The highest BCUT2D eigenvalue weighted by Gasteiger charge is 2.17. The van der Waals surface area contributed by atoms with Crippen molar-refractivity contribution in [1.29, 1.82) is 0 Å². The van der Waals surface area contributed by atoms with Crippen molar-refractivity contribution in [2.75, 3.05) is 18.2 Å². The summed E-state index contributed by atoms with van der Waals surface area (Å²) in [6.45, 7) is 1.98. The largest absolute Gasteiger partial charge is 0.462 e. The summed E-state index contributed by atoms with van der Waals surface area (Å²) in [5, 5.41) is 5.40. The Labute approximate surface area is 170 Å². The second-order valence-electron chi connectivity index (χ2n) is 5.36. The van der Waals surface area contributed by atoms with E-state index in [1.165, 1.54) is 29.3 Å². The van der Waals surface area contributed by atoms with Crippen LogP contribution < -0.4 is 10.1 Å². The maximum absolute atomic E-state index is 12.2. The van der Waals surface area contributed by atoms with Crippen molar-refractivity contribution in [2.45, 2.75) is 12.1 Å². The van der Waals surface area contributed by atoms with E-state index >= 15 is 0 Å². The monoisotopic (exact) mass is 415 g/mol. The molecule has 3 rings (SSSR count). The number of nitrogens with zero attached hydrogens (tertiary/aromatic N) is 2. The Morgan fingerprint density at radius 2 is 2.07 bits per heavy atom. The zero-order valence-corrected chi connectivity index (χ0v) is 16.8. The van der Waals surface area contributed by atoms with Crippen molar-refractivity contribution in [3.8, 4) is 5.75 Å². The molecule has 2 heterocycles. The zero-order valence-electron chi connectivity index (χ0n) is 15.2. The second-order valence-corrected chi connectivity index (χ2v) is 7.08. The number of hydrogen-bond donors (Lipinski definition) is 1. The SMILES string of the molecule is CCOC(=O)c1cnc(SC)nc1Nc1cccc(OC(=O)c2cccs2)c1. The summed E-state index contributed by atoms with van der Waals surface area (Å²) in [5.41, 5.74) is 0.827. The summed E-state index contributed by atoms with van der Waals surface area (Å²) in [4.78, 5) is 33.3. The van der Waals surface area contributed by atoms with Crippen LogP contribution in [0.4, 0.5) is 11.5 Å². The molecule has 1 N–H and O–H groups in total. The third-order valence-corrected chi connectivity index (χ3v) is 4.89. The molecule has 0 amide bonds. The molecule has 0 unspecified atom stereocenters. The van der Waals surface area contributed by atoms with E-state index in [1.54, 1.807) is 43.3 Å². The number of rotatable bonds is 7. The average Bonchev–Trinajstić information content (AvgIpc) is 3.23. The number of hydrogen-bond acceptors (Lipinski definition) is 9. The van der Waals surface area contributed by atoms with Gasteiger partial charge in [-0.2, -0.15) is 0 Å². The van der Waals surface area contributed by atoms with Gasteiger partial charge in [0, 0.05) is 18.0 Å². The Balaban J connectivity index is 1.83. The van der Waals surface area contributed by atoms with E-state index in [1.807, 2.05) is 11.6 Å². The molecule has 0 aliphatic carbocycles. The Bertz CT molecular complexity index is 977. The lowest BCUT2D eigenvalue weighted by Gasteiger charge is -2.12. The van der Waals surface area contributed by atoms with Crippen LogP contribution in [0, 0.1) is 0 Å². The molecule has 0 fully saturated rings. The number of benzene rings is 1. The minimum absolute atomic E-state index is 0.223. The summed E-state index contributed by atoms with van der Waals surface area (Å²) in [7, 11) is 0. The van der Waals surface area contributed by atoms with Crippen LogP contribution in [0.15, 0.2) is 53.1 Å². The standard InChI is InChI=1S/C19H17N3O4S2/c1-3-25-17(23)14-11-20-19(27-2)22-16(14)21-12-6-4-7-13(10-12)26-18(24)15-8-5-9-28-15/h4-11H,3H2,1-2H3,(H,20,21,22). The molecular formula is C19H17N3O4S2. The topological polar surface area (TPSA) is 90.4 Å². The molecule has 0 saturated heterocycles.